The van der Waals surface area contributed by atoms with Gasteiger partial charge in [0.05, 0.1) is 0 Å². The van der Waals surface area contributed by atoms with Crippen LogP contribution in [0, 0.1) is 0 Å². The third-order valence-corrected chi connectivity index (χ3v) is 5.83. The molecule has 0 aromatic heterocycles. The molecule has 0 radical (unpaired) electrons. The molecule has 10 heteroatoms. The number of para-hydroxylation sites is 1. The molecule has 0 aliphatic heterocycles. The Morgan fingerprint density at radius 2 is 1.76 bits per heavy atom. The van der Waals surface area contributed by atoms with Gasteiger partial charge in [0.2, 0.25) is 17.7 Å². The van der Waals surface area contributed by atoms with E-state index in [0.29, 0.717) is 13.0 Å². The number of unbranched alkanes of at least 4 members (excludes halogenated alkanes) is 2. The minimum atomic E-state index is -1.18. The maximum Gasteiger partial charge on any atom is 0.408 e. The fourth-order valence-electron chi connectivity index (χ4n) is 3.79. The van der Waals surface area contributed by atoms with Gasteiger partial charge in [0.25, 0.3) is 0 Å². The first-order valence-electron chi connectivity index (χ1n) is 13.0. The maximum atomic E-state index is 14.0. The molecule has 3 unspecified atom stereocenters. The Morgan fingerprint density at radius 3 is 2.30 bits per heavy atom. The van der Waals surface area contributed by atoms with Crippen LogP contribution in [0.3, 0.4) is 0 Å². The predicted octanol–water partition coefficient (Wildman–Crippen LogP) is 3.53. The number of nitrogens with two attached hydrogens (primary N) is 1. The number of nitrogens with zero attached hydrogens (tertiary/aromatic N) is 1. The molecular formula is C27H44N4O6. The van der Waals surface area contributed by atoms with Gasteiger partial charge in [0.15, 0.2) is 0 Å². The first kappa shape index (κ1) is 31.7. The van der Waals surface area contributed by atoms with E-state index in [1.807, 2.05) is 6.92 Å². The van der Waals surface area contributed by atoms with E-state index in [1.54, 1.807) is 45.9 Å². The van der Waals surface area contributed by atoms with Crippen LogP contribution < -0.4 is 16.4 Å². The SMILES string of the molecule is CCCCCNC(=O)C(c1ccccc1O)N(C(=O)C(CCC(N)=O)NC(=O)OC(C)(C)C)C(C)CC. The number of ether oxygens (including phenoxy) is 1. The molecule has 0 aliphatic carbocycles. The smallest absolute Gasteiger partial charge is 0.408 e. The molecule has 0 spiro atoms. The van der Waals surface area contributed by atoms with Crippen molar-refractivity contribution in [2.45, 2.75) is 104 Å². The van der Waals surface area contributed by atoms with Gasteiger partial charge in [-0.25, -0.2) is 4.79 Å². The molecule has 5 N–H and O–H groups in total. The highest BCUT2D eigenvalue weighted by Gasteiger charge is 2.39. The fraction of sp³-hybridized carbons (Fsp3) is 0.630. The van der Waals surface area contributed by atoms with Gasteiger partial charge in [-0.05, 0) is 53.0 Å². The Bertz CT molecular complexity index is 914. The van der Waals surface area contributed by atoms with Crippen molar-refractivity contribution in [3.8, 4) is 5.75 Å². The number of phenols is 1. The molecule has 1 aromatic carbocycles. The number of alkyl carbamates (subject to hydrolysis) is 1. The quantitative estimate of drug-likeness (QED) is 0.276. The topological polar surface area (TPSA) is 151 Å². The lowest BCUT2D eigenvalue weighted by atomic mass is 9.98. The number of benzene rings is 1. The lowest BCUT2D eigenvalue weighted by molar-refractivity contribution is -0.145. The Morgan fingerprint density at radius 1 is 1.11 bits per heavy atom. The summed E-state index contributed by atoms with van der Waals surface area (Å²) in [5.74, 6) is -1.80. The van der Waals surface area contributed by atoms with Crippen LogP contribution in [0.5, 0.6) is 5.75 Å². The molecule has 1 rings (SSSR count). The number of hydrogen-bond acceptors (Lipinski definition) is 6. The lowest BCUT2D eigenvalue weighted by Crippen LogP contribution is -2.55. The second kappa shape index (κ2) is 15.1. The number of hydrogen-bond donors (Lipinski definition) is 4. The van der Waals surface area contributed by atoms with Crippen LogP contribution in [0.25, 0.3) is 0 Å². The lowest BCUT2D eigenvalue weighted by Gasteiger charge is -2.38. The van der Waals surface area contributed by atoms with Crippen molar-refractivity contribution in [2.75, 3.05) is 6.54 Å². The third kappa shape index (κ3) is 10.7. The van der Waals surface area contributed by atoms with Crippen LogP contribution in [0.1, 0.15) is 91.7 Å². The van der Waals surface area contributed by atoms with Gasteiger partial charge in [-0.2, -0.15) is 0 Å². The summed E-state index contributed by atoms with van der Waals surface area (Å²) in [6.07, 6.45) is 2.11. The average Bonchev–Trinajstić information content (AvgIpc) is 2.81. The van der Waals surface area contributed by atoms with E-state index in [9.17, 15) is 24.3 Å². The number of nitrogens with one attached hydrogen (secondary N) is 2. The minimum absolute atomic E-state index is 0.0774. The zero-order valence-electron chi connectivity index (χ0n) is 23.0. The number of primary amides is 1. The van der Waals surface area contributed by atoms with Crippen molar-refractivity contribution in [2.24, 2.45) is 5.73 Å². The van der Waals surface area contributed by atoms with E-state index in [4.69, 9.17) is 10.5 Å². The first-order valence-corrected chi connectivity index (χ1v) is 13.0. The monoisotopic (exact) mass is 520 g/mol. The highest BCUT2D eigenvalue weighted by Crippen LogP contribution is 2.32. The number of amides is 4. The average molecular weight is 521 g/mol. The summed E-state index contributed by atoms with van der Waals surface area (Å²) in [5, 5.41) is 16.1. The van der Waals surface area contributed by atoms with Crippen molar-refractivity contribution < 1.29 is 29.0 Å². The van der Waals surface area contributed by atoms with E-state index in [2.05, 4.69) is 17.6 Å². The van der Waals surface area contributed by atoms with Crippen molar-refractivity contribution in [3.63, 3.8) is 0 Å². The Labute approximate surface area is 220 Å². The summed E-state index contributed by atoms with van der Waals surface area (Å²) in [4.78, 5) is 53.0. The second-order valence-corrected chi connectivity index (χ2v) is 10.2. The van der Waals surface area contributed by atoms with E-state index in [1.165, 1.54) is 11.0 Å². The molecule has 0 heterocycles. The molecule has 0 saturated carbocycles. The first-order chi connectivity index (χ1) is 17.3. The van der Waals surface area contributed by atoms with Crippen molar-refractivity contribution in [1.29, 1.82) is 0 Å². The molecule has 208 valence electrons. The van der Waals surface area contributed by atoms with Crippen molar-refractivity contribution in [3.05, 3.63) is 29.8 Å². The van der Waals surface area contributed by atoms with Crippen LogP contribution in [-0.4, -0.2) is 58.1 Å². The normalized spacial score (nSPS) is 13.7. The van der Waals surface area contributed by atoms with Crippen LogP contribution in [0.2, 0.25) is 0 Å². The number of rotatable bonds is 14. The summed E-state index contributed by atoms with van der Waals surface area (Å²) in [5.41, 5.74) is 4.78. The highest BCUT2D eigenvalue weighted by molar-refractivity contribution is 5.93. The Hall–Kier alpha value is -3.30. The predicted molar refractivity (Wildman–Crippen MR) is 142 cm³/mol. The molecule has 3 atom stereocenters. The number of aromatic hydroxyl groups is 1. The van der Waals surface area contributed by atoms with Gasteiger partial charge in [-0.15, -0.1) is 0 Å². The Kier molecular flexibility index (Phi) is 12.9. The summed E-state index contributed by atoms with van der Waals surface area (Å²) >= 11 is 0. The standard InChI is InChI=1S/C27H44N4O6/c1-7-9-12-17-29-24(34)23(19-13-10-11-14-21(19)32)31(18(3)8-2)25(35)20(15-16-22(28)33)30-26(36)37-27(4,5)6/h10-11,13-14,18,20,23,32H,7-9,12,15-17H2,1-6H3,(H2,28,33)(H,29,34)(H,30,36). The fourth-order valence-corrected chi connectivity index (χ4v) is 3.79. The maximum absolute atomic E-state index is 14.0. The van der Waals surface area contributed by atoms with Gasteiger partial charge in [0, 0.05) is 24.6 Å². The zero-order valence-corrected chi connectivity index (χ0v) is 23.0. The second-order valence-electron chi connectivity index (χ2n) is 10.2. The largest absolute Gasteiger partial charge is 0.508 e. The molecule has 0 bridgehead atoms. The van der Waals surface area contributed by atoms with Gasteiger partial charge in [0.1, 0.15) is 23.4 Å². The summed E-state index contributed by atoms with van der Waals surface area (Å²) < 4.78 is 5.32. The molecule has 1 aromatic rings. The molecule has 0 saturated heterocycles. The molecular weight excluding hydrogens is 476 g/mol. The van der Waals surface area contributed by atoms with Gasteiger partial charge in [-0.3, -0.25) is 14.4 Å². The summed E-state index contributed by atoms with van der Waals surface area (Å²) in [6, 6.07) is 3.55. The van der Waals surface area contributed by atoms with Gasteiger partial charge in [-0.1, -0.05) is 44.9 Å². The highest BCUT2D eigenvalue weighted by atomic mass is 16.6. The van der Waals surface area contributed by atoms with Crippen molar-refractivity contribution >= 4 is 23.8 Å². The van der Waals surface area contributed by atoms with Gasteiger partial charge < -0.3 is 31.1 Å². The number of carbonyl (C=O) groups is 4. The van der Waals surface area contributed by atoms with E-state index < -0.39 is 47.5 Å². The number of phenolic OH excluding ortho intramolecular Hbond substituents is 1. The van der Waals surface area contributed by atoms with E-state index in [-0.39, 0.29) is 24.2 Å². The Balaban J connectivity index is 3.48. The van der Waals surface area contributed by atoms with Crippen LogP contribution in [0.15, 0.2) is 24.3 Å². The summed E-state index contributed by atoms with van der Waals surface area (Å²) in [7, 11) is 0. The van der Waals surface area contributed by atoms with E-state index in [0.717, 1.165) is 19.3 Å². The van der Waals surface area contributed by atoms with Crippen LogP contribution in [-0.2, 0) is 19.1 Å². The molecule has 37 heavy (non-hydrogen) atoms. The molecule has 0 fully saturated rings. The molecule has 4 amide bonds. The third-order valence-electron chi connectivity index (χ3n) is 5.83. The number of carbonyl (C=O) groups excluding carboxylic acids is 4. The van der Waals surface area contributed by atoms with Crippen LogP contribution >= 0.6 is 0 Å². The molecule has 10 nitrogen and oxygen atoms in total. The van der Waals surface area contributed by atoms with Crippen LogP contribution in [0.4, 0.5) is 4.79 Å². The van der Waals surface area contributed by atoms with Gasteiger partial charge >= 0.3 is 6.09 Å². The minimum Gasteiger partial charge on any atom is -0.508 e. The summed E-state index contributed by atoms with van der Waals surface area (Å²) in [6.45, 7) is 11.2. The molecule has 0 aliphatic rings. The van der Waals surface area contributed by atoms with E-state index >= 15 is 0 Å². The van der Waals surface area contributed by atoms with Crippen molar-refractivity contribution in [1.82, 2.24) is 15.5 Å². The zero-order chi connectivity index (χ0) is 28.2.